The molecule has 2 aromatic rings. The normalized spacial score (nSPS) is 20.3. The Morgan fingerprint density at radius 1 is 1.08 bits per heavy atom. The minimum Gasteiger partial charge on any atom is -0.508 e. The number of hydrogen-bond acceptors (Lipinski definition) is 5. The van der Waals surface area contributed by atoms with E-state index in [9.17, 15) is 19.5 Å². The summed E-state index contributed by atoms with van der Waals surface area (Å²) in [6.07, 6.45) is 2.29. The number of rotatable bonds is 11. The van der Waals surface area contributed by atoms with Crippen LogP contribution in [0.2, 0.25) is 0 Å². The van der Waals surface area contributed by atoms with E-state index in [0.717, 1.165) is 37.1 Å². The molecule has 1 aliphatic rings. The number of phenolic OH excluding ortho intramolecular Hbond substituents is 1. The Hall–Kier alpha value is -3.43. The number of carbonyl (C=O) groups is 3. The molecule has 0 bridgehead atoms. The van der Waals surface area contributed by atoms with Gasteiger partial charge in [0.25, 0.3) is 0 Å². The molecule has 3 rings (SSSR count). The average Bonchev–Trinajstić information content (AvgIpc) is 2.86. The molecule has 9 heteroatoms. The highest BCUT2D eigenvalue weighted by Crippen LogP contribution is 2.40. The quantitative estimate of drug-likeness (QED) is 0.359. The Morgan fingerprint density at radius 3 is 2.46 bits per heavy atom. The summed E-state index contributed by atoms with van der Waals surface area (Å²) in [4.78, 5) is 38.0. The van der Waals surface area contributed by atoms with Gasteiger partial charge in [0, 0.05) is 13.1 Å². The average molecular weight is 514 g/mol. The summed E-state index contributed by atoms with van der Waals surface area (Å²) in [6, 6.07) is 17.5. The van der Waals surface area contributed by atoms with E-state index >= 15 is 0 Å². The van der Waals surface area contributed by atoms with Gasteiger partial charge in [0.05, 0.1) is 12.5 Å². The number of amides is 2. The molecule has 9 nitrogen and oxygen atoms in total. The van der Waals surface area contributed by atoms with Crippen molar-refractivity contribution in [1.29, 1.82) is 0 Å². The van der Waals surface area contributed by atoms with E-state index in [0.29, 0.717) is 18.9 Å². The molecule has 0 aromatic heterocycles. The number of aryl methyl sites for hydroxylation is 1. The Balaban J connectivity index is 0.00000481. The van der Waals surface area contributed by atoms with Crippen LogP contribution >= 0.6 is 0 Å². The second-order valence-corrected chi connectivity index (χ2v) is 9.99. The Labute approximate surface area is 218 Å². The first-order valence-corrected chi connectivity index (χ1v) is 12.5. The molecule has 6 N–H and O–H groups in total. The standard InChI is InChI=1S/C28H37N3O5.H2O/c1-20-18-31(14-13-28(20,2)23-9-6-10-24(32)15-23)19-22(12-11-21-7-4-3-5-8-21)27(36)30-16-25(33)29-17-26(34)35;/h3-10,15,20,22,32H,11-14,16-19H2,1-2H3,(H,29,33)(H,30,36)(H,34,35);1H2. The maximum absolute atomic E-state index is 13.1. The molecule has 1 aliphatic heterocycles. The predicted octanol–water partition coefficient (Wildman–Crippen LogP) is 1.73. The van der Waals surface area contributed by atoms with Crippen molar-refractivity contribution < 1.29 is 30.1 Å². The Bertz CT molecular complexity index is 1050. The lowest BCUT2D eigenvalue weighted by molar-refractivity contribution is -0.137. The van der Waals surface area contributed by atoms with Gasteiger partial charge in [-0.1, -0.05) is 56.3 Å². The van der Waals surface area contributed by atoms with Crippen LogP contribution < -0.4 is 10.6 Å². The van der Waals surface area contributed by atoms with E-state index in [1.54, 1.807) is 6.07 Å². The number of likely N-dealkylation sites (tertiary alicyclic amines) is 1. The summed E-state index contributed by atoms with van der Waals surface area (Å²) >= 11 is 0. The summed E-state index contributed by atoms with van der Waals surface area (Å²) < 4.78 is 0. The maximum Gasteiger partial charge on any atom is 0.322 e. The van der Waals surface area contributed by atoms with E-state index in [1.807, 2.05) is 42.5 Å². The lowest BCUT2D eigenvalue weighted by Gasteiger charge is -2.45. The van der Waals surface area contributed by atoms with Gasteiger partial charge < -0.3 is 31.2 Å². The van der Waals surface area contributed by atoms with Gasteiger partial charge in [0.1, 0.15) is 12.3 Å². The number of carbonyl (C=O) groups excluding carboxylic acids is 2. The first kappa shape index (κ1) is 29.8. The lowest BCUT2D eigenvalue weighted by Crippen LogP contribution is -2.50. The molecule has 0 radical (unpaired) electrons. The van der Waals surface area contributed by atoms with Crippen molar-refractivity contribution in [3.05, 3.63) is 65.7 Å². The molecule has 37 heavy (non-hydrogen) atoms. The molecule has 1 saturated heterocycles. The first-order valence-electron chi connectivity index (χ1n) is 12.5. The second kappa shape index (κ2) is 13.8. The van der Waals surface area contributed by atoms with Gasteiger partial charge >= 0.3 is 5.97 Å². The minimum atomic E-state index is -1.13. The molecule has 3 unspecified atom stereocenters. The summed E-state index contributed by atoms with van der Waals surface area (Å²) in [5, 5.41) is 23.6. The Morgan fingerprint density at radius 2 is 1.81 bits per heavy atom. The van der Waals surface area contributed by atoms with Gasteiger partial charge in [-0.25, -0.2) is 0 Å². The maximum atomic E-state index is 13.1. The number of aliphatic carboxylic acids is 1. The van der Waals surface area contributed by atoms with Crippen molar-refractivity contribution in [3.63, 3.8) is 0 Å². The molecule has 2 aromatic carbocycles. The smallest absolute Gasteiger partial charge is 0.322 e. The van der Waals surface area contributed by atoms with Crippen LogP contribution in [-0.2, 0) is 26.2 Å². The van der Waals surface area contributed by atoms with Crippen molar-refractivity contribution in [2.45, 2.75) is 38.5 Å². The topological polar surface area (TPSA) is 150 Å². The third kappa shape index (κ3) is 8.58. The highest BCUT2D eigenvalue weighted by molar-refractivity contribution is 5.87. The number of phenols is 1. The number of nitrogens with zero attached hydrogens (tertiary/aromatic N) is 1. The summed E-state index contributed by atoms with van der Waals surface area (Å²) in [6.45, 7) is 5.94. The zero-order valence-electron chi connectivity index (χ0n) is 21.6. The van der Waals surface area contributed by atoms with Crippen LogP contribution in [0.4, 0.5) is 0 Å². The molecule has 2 amide bonds. The van der Waals surface area contributed by atoms with Crippen molar-refractivity contribution in [3.8, 4) is 5.75 Å². The number of carboxylic acid groups (broad SMARTS) is 1. The van der Waals surface area contributed by atoms with E-state index in [2.05, 4.69) is 35.4 Å². The van der Waals surface area contributed by atoms with Crippen LogP contribution in [0.5, 0.6) is 5.75 Å². The van der Waals surface area contributed by atoms with Gasteiger partial charge in [-0.05, 0) is 60.4 Å². The van der Waals surface area contributed by atoms with E-state index in [4.69, 9.17) is 5.11 Å². The summed E-state index contributed by atoms with van der Waals surface area (Å²) in [5.41, 5.74) is 2.21. The molecule has 3 atom stereocenters. The molecule has 1 fully saturated rings. The Kier molecular flexibility index (Phi) is 11.1. The fraction of sp³-hybridized carbons (Fsp3) is 0.464. The summed E-state index contributed by atoms with van der Waals surface area (Å²) in [7, 11) is 0. The minimum absolute atomic E-state index is 0. The number of piperidine rings is 1. The molecule has 0 aliphatic carbocycles. The fourth-order valence-electron chi connectivity index (χ4n) is 4.92. The van der Waals surface area contributed by atoms with Crippen LogP contribution in [0.25, 0.3) is 0 Å². The van der Waals surface area contributed by atoms with Gasteiger partial charge in [0.15, 0.2) is 0 Å². The summed E-state index contributed by atoms with van der Waals surface area (Å²) in [5.74, 6) is -1.59. The molecule has 0 saturated carbocycles. The van der Waals surface area contributed by atoms with Crippen LogP contribution in [-0.4, -0.2) is 71.1 Å². The van der Waals surface area contributed by atoms with Crippen LogP contribution in [0, 0.1) is 11.8 Å². The monoisotopic (exact) mass is 513 g/mol. The number of carboxylic acids is 1. The molecule has 1 heterocycles. The highest BCUT2D eigenvalue weighted by atomic mass is 16.4. The van der Waals surface area contributed by atoms with Gasteiger partial charge in [-0.3, -0.25) is 14.4 Å². The zero-order chi connectivity index (χ0) is 26.1. The largest absolute Gasteiger partial charge is 0.508 e. The van der Waals surface area contributed by atoms with Crippen LogP contribution in [0.1, 0.15) is 37.8 Å². The number of nitrogens with one attached hydrogen (secondary N) is 2. The first-order chi connectivity index (χ1) is 17.2. The third-order valence-electron chi connectivity index (χ3n) is 7.41. The number of aromatic hydroxyl groups is 1. The van der Waals surface area contributed by atoms with Crippen molar-refractivity contribution >= 4 is 17.8 Å². The van der Waals surface area contributed by atoms with Crippen molar-refractivity contribution in [2.24, 2.45) is 11.8 Å². The number of hydrogen-bond donors (Lipinski definition) is 4. The van der Waals surface area contributed by atoms with Crippen molar-refractivity contribution in [1.82, 2.24) is 15.5 Å². The van der Waals surface area contributed by atoms with Crippen LogP contribution in [0.3, 0.4) is 0 Å². The van der Waals surface area contributed by atoms with E-state index < -0.39 is 18.4 Å². The molecular weight excluding hydrogens is 474 g/mol. The van der Waals surface area contributed by atoms with E-state index in [1.165, 1.54) is 0 Å². The van der Waals surface area contributed by atoms with Crippen molar-refractivity contribution in [2.75, 3.05) is 32.7 Å². The molecule has 0 spiro atoms. The van der Waals surface area contributed by atoms with Gasteiger partial charge in [0.2, 0.25) is 11.8 Å². The van der Waals surface area contributed by atoms with Gasteiger partial charge in [-0.15, -0.1) is 0 Å². The fourth-order valence-corrected chi connectivity index (χ4v) is 4.92. The van der Waals surface area contributed by atoms with Gasteiger partial charge in [-0.2, -0.15) is 0 Å². The third-order valence-corrected chi connectivity index (χ3v) is 7.41. The number of benzene rings is 2. The lowest BCUT2D eigenvalue weighted by atomic mass is 9.68. The molecule has 202 valence electrons. The zero-order valence-corrected chi connectivity index (χ0v) is 21.6. The molecular formula is C28H39N3O6. The SMILES string of the molecule is CC1CN(CC(CCc2ccccc2)C(=O)NCC(=O)NCC(=O)O)CCC1(C)c1cccc(O)c1.O. The highest BCUT2D eigenvalue weighted by Gasteiger charge is 2.39. The predicted molar refractivity (Wildman–Crippen MR) is 141 cm³/mol. The second-order valence-electron chi connectivity index (χ2n) is 9.99. The van der Waals surface area contributed by atoms with Crippen LogP contribution in [0.15, 0.2) is 54.6 Å². The van der Waals surface area contributed by atoms with E-state index in [-0.39, 0.29) is 35.0 Å².